The van der Waals surface area contributed by atoms with E-state index in [4.69, 9.17) is 9.97 Å². The highest BCUT2D eigenvalue weighted by molar-refractivity contribution is 6.00. The Morgan fingerprint density at radius 2 is 0.714 bits per heavy atom. The topological polar surface area (TPSA) is 77.6 Å². The zero-order valence-corrected chi connectivity index (χ0v) is 26.4. The third-order valence-corrected chi connectivity index (χ3v) is 9.09. The standard InChI is InChI=1S/C44H30N4O/c49-39-27-38-42(30-17-9-3-10-18-30)36-24-23-34(46-36)40(28-13-5-1-6-14-28)32-21-22-33(45-32)41(29-15-7-2-8-16-29)35-25-26-37(47-35)43(44(39)48-38)31-19-11-4-12-20-31/h1-27,46-47,49H. The predicted octanol–water partition coefficient (Wildman–Crippen LogP) is 11.2. The molecule has 5 heterocycles. The highest BCUT2D eigenvalue weighted by Crippen LogP contribution is 2.39. The minimum absolute atomic E-state index is 0.111. The number of hydrogen-bond donors (Lipinski definition) is 3. The first kappa shape index (κ1) is 28.5. The normalized spacial score (nSPS) is 12.2. The highest BCUT2D eigenvalue weighted by atomic mass is 16.3. The molecule has 0 amide bonds. The monoisotopic (exact) mass is 630 g/mol. The first-order chi connectivity index (χ1) is 24.2. The summed E-state index contributed by atoms with van der Waals surface area (Å²) < 4.78 is 0. The molecule has 5 heteroatoms. The summed E-state index contributed by atoms with van der Waals surface area (Å²) in [6.45, 7) is 0. The van der Waals surface area contributed by atoms with Gasteiger partial charge in [-0.2, -0.15) is 0 Å². The van der Waals surface area contributed by atoms with Crippen LogP contribution in [0, 0.1) is 0 Å². The maximum Gasteiger partial charge on any atom is 0.144 e. The summed E-state index contributed by atoms with van der Waals surface area (Å²) in [6, 6.07) is 49.4. The summed E-state index contributed by atoms with van der Waals surface area (Å²) >= 11 is 0. The van der Waals surface area contributed by atoms with Crippen LogP contribution >= 0.6 is 0 Å². The summed E-state index contributed by atoms with van der Waals surface area (Å²) in [5, 5.41) is 11.7. The van der Waals surface area contributed by atoms with Crippen molar-refractivity contribution in [2.75, 3.05) is 0 Å². The van der Waals surface area contributed by atoms with Gasteiger partial charge in [-0.3, -0.25) is 0 Å². The molecule has 0 unspecified atom stereocenters. The van der Waals surface area contributed by atoms with Crippen molar-refractivity contribution >= 4 is 46.1 Å². The SMILES string of the molecule is OC1=Cc2nc1c(-c1ccccc1)c1ccc([nH]1)c(-c1ccccc1)c1nc(c(-c3ccccc3)c3ccc([nH]3)c2-c2ccccc2)C=C1. The quantitative estimate of drug-likeness (QED) is 0.181. The van der Waals surface area contributed by atoms with Crippen LogP contribution in [0.25, 0.3) is 90.6 Å². The molecule has 0 spiro atoms. The van der Waals surface area contributed by atoms with Crippen LogP contribution in [0.3, 0.4) is 0 Å². The lowest BCUT2D eigenvalue weighted by Crippen LogP contribution is -1.90. The van der Waals surface area contributed by atoms with Crippen LogP contribution in [-0.2, 0) is 0 Å². The lowest BCUT2D eigenvalue weighted by Gasteiger charge is -2.07. The van der Waals surface area contributed by atoms with Gasteiger partial charge in [0.05, 0.1) is 17.1 Å². The molecule has 2 aliphatic rings. The molecular weight excluding hydrogens is 601 g/mol. The third kappa shape index (κ3) is 5.05. The molecule has 0 aliphatic carbocycles. The Morgan fingerprint density at radius 1 is 0.367 bits per heavy atom. The highest BCUT2D eigenvalue weighted by Gasteiger charge is 2.22. The molecule has 9 rings (SSSR count). The van der Waals surface area contributed by atoms with E-state index in [0.29, 0.717) is 11.4 Å². The van der Waals surface area contributed by atoms with E-state index < -0.39 is 0 Å². The molecule has 7 aromatic rings. The average Bonchev–Trinajstić information content (AvgIpc) is 3.98. The fraction of sp³-hybridized carbons (Fsp3) is 0. The van der Waals surface area contributed by atoms with Gasteiger partial charge in [0.1, 0.15) is 11.5 Å². The van der Waals surface area contributed by atoms with Crippen molar-refractivity contribution < 1.29 is 5.11 Å². The van der Waals surface area contributed by atoms with Gasteiger partial charge in [-0.05, 0) is 58.7 Å². The summed E-state index contributed by atoms with van der Waals surface area (Å²) in [7, 11) is 0. The summed E-state index contributed by atoms with van der Waals surface area (Å²) in [5.74, 6) is 0.111. The second kappa shape index (κ2) is 11.8. The molecule has 4 aromatic carbocycles. The minimum Gasteiger partial charge on any atom is -0.506 e. The van der Waals surface area contributed by atoms with Gasteiger partial charge in [0.25, 0.3) is 0 Å². The Kier molecular flexibility index (Phi) is 6.87. The molecule has 5 nitrogen and oxygen atoms in total. The number of benzene rings is 4. The van der Waals surface area contributed by atoms with E-state index in [1.54, 1.807) is 6.08 Å². The Hall–Kier alpha value is -6.72. The van der Waals surface area contributed by atoms with E-state index in [1.807, 2.05) is 60.7 Å². The molecule has 2 aliphatic heterocycles. The van der Waals surface area contributed by atoms with Crippen LogP contribution in [-0.4, -0.2) is 25.0 Å². The minimum atomic E-state index is 0.111. The number of aliphatic hydroxyl groups is 1. The van der Waals surface area contributed by atoms with Crippen molar-refractivity contribution in [3.8, 4) is 44.5 Å². The van der Waals surface area contributed by atoms with Gasteiger partial charge in [-0.1, -0.05) is 121 Å². The van der Waals surface area contributed by atoms with Gasteiger partial charge in [-0.15, -0.1) is 0 Å². The average molecular weight is 631 g/mol. The van der Waals surface area contributed by atoms with Gasteiger partial charge in [0.2, 0.25) is 0 Å². The largest absolute Gasteiger partial charge is 0.506 e. The maximum atomic E-state index is 11.7. The van der Waals surface area contributed by atoms with Gasteiger partial charge in [-0.25, -0.2) is 9.97 Å². The van der Waals surface area contributed by atoms with E-state index in [2.05, 4.69) is 107 Å². The van der Waals surface area contributed by atoms with Crippen LogP contribution in [0.1, 0.15) is 22.8 Å². The van der Waals surface area contributed by atoms with E-state index >= 15 is 0 Å². The number of hydrogen-bond acceptors (Lipinski definition) is 3. The van der Waals surface area contributed by atoms with Crippen molar-refractivity contribution in [3.05, 3.63) is 168 Å². The number of aromatic amines is 2. The Bertz CT molecular complexity index is 2580. The number of H-pyrrole nitrogens is 2. The van der Waals surface area contributed by atoms with Crippen LogP contribution in [0.2, 0.25) is 0 Å². The molecule has 8 bridgehead atoms. The van der Waals surface area contributed by atoms with Crippen molar-refractivity contribution in [2.24, 2.45) is 0 Å². The van der Waals surface area contributed by atoms with Crippen molar-refractivity contribution in [1.29, 1.82) is 0 Å². The number of nitrogens with zero attached hydrogens (tertiary/aromatic N) is 2. The van der Waals surface area contributed by atoms with Gasteiger partial charge in [0.15, 0.2) is 0 Å². The molecule has 0 radical (unpaired) electrons. The van der Waals surface area contributed by atoms with Crippen LogP contribution in [0.5, 0.6) is 0 Å². The molecule has 0 saturated heterocycles. The van der Waals surface area contributed by atoms with Crippen LogP contribution in [0.15, 0.2) is 146 Å². The lowest BCUT2D eigenvalue weighted by molar-refractivity contribution is 0.515. The summed E-state index contributed by atoms with van der Waals surface area (Å²) in [6.07, 6.45) is 5.98. The first-order valence-electron chi connectivity index (χ1n) is 16.3. The number of aromatic nitrogens is 4. The zero-order valence-electron chi connectivity index (χ0n) is 26.4. The Balaban J connectivity index is 1.50. The number of fused-ring (bicyclic) bond motifs is 8. The molecular formula is C44H30N4O. The molecule has 232 valence electrons. The fourth-order valence-corrected chi connectivity index (χ4v) is 6.90. The maximum absolute atomic E-state index is 11.7. The second-order valence-electron chi connectivity index (χ2n) is 12.1. The smallest absolute Gasteiger partial charge is 0.144 e. The Morgan fingerprint density at radius 3 is 1.12 bits per heavy atom. The molecule has 3 aromatic heterocycles. The van der Waals surface area contributed by atoms with E-state index in [0.717, 1.165) is 78.0 Å². The molecule has 0 atom stereocenters. The summed E-state index contributed by atoms with van der Waals surface area (Å²) in [4.78, 5) is 18.0. The van der Waals surface area contributed by atoms with Gasteiger partial charge in [0, 0.05) is 50.4 Å². The Labute approximate surface area is 283 Å². The van der Waals surface area contributed by atoms with E-state index in [9.17, 15) is 5.11 Å². The first-order valence-corrected chi connectivity index (χ1v) is 16.3. The number of rotatable bonds is 4. The van der Waals surface area contributed by atoms with E-state index in [-0.39, 0.29) is 5.76 Å². The van der Waals surface area contributed by atoms with Gasteiger partial charge < -0.3 is 15.1 Å². The molecule has 3 N–H and O–H groups in total. The third-order valence-electron chi connectivity index (χ3n) is 9.09. The predicted molar refractivity (Wildman–Crippen MR) is 202 cm³/mol. The number of nitrogens with one attached hydrogen (secondary N) is 2. The second-order valence-corrected chi connectivity index (χ2v) is 12.1. The molecule has 0 fully saturated rings. The number of aliphatic hydroxyl groups excluding tert-OH is 1. The molecule has 0 saturated carbocycles. The van der Waals surface area contributed by atoms with Crippen molar-refractivity contribution in [2.45, 2.75) is 0 Å². The fourth-order valence-electron chi connectivity index (χ4n) is 6.90. The van der Waals surface area contributed by atoms with E-state index in [1.165, 1.54) is 0 Å². The van der Waals surface area contributed by atoms with Crippen molar-refractivity contribution in [1.82, 2.24) is 19.9 Å². The van der Waals surface area contributed by atoms with Crippen LogP contribution in [0.4, 0.5) is 0 Å². The van der Waals surface area contributed by atoms with Gasteiger partial charge >= 0.3 is 0 Å². The van der Waals surface area contributed by atoms with Crippen molar-refractivity contribution in [3.63, 3.8) is 0 Å². The summed E-state index contributed by atoms with van der Waals surface area (Å²) in [5.41, 5.74) is 14.2. The van der Waals surface area contributed by atoms with Crippen LogP contribution < -0.4 is 0 Å². The zero-order chi connectivity index (χ0) is 32.7. The molecule has 49 heavy (non-hydrogen) atoms. The lowest BCUT2D eigenvalue weighted by atomic mass is 10.0.